The fourth-order valence-corrected chi connectivity index (χ4v) is 2.20. The highest BCUT2D eigenvalue weighted by molar-refractivity contribution is 9.10. The van der Waals surface area contributed by atoms with Gasteiger partial charge in [-0.25, -0.2) is 4.98 Å². The molecule has 0 unspecified atom stereocenters. The van der Waals surface area contributed by atoms with Gasteiger partial charge >= 0.3 is 0 Å². The van der Waals surface area contributed by atoms with E-state index in [0.29, 0.717) is 0 Å². The van der Waals surface area contributed by atoms with Crippen LogP contribution in [0.5, 0.6) is 0 Å². The van der Waals surface area contributed by atoms with Crippen molar-refractivity contribution in [3.63, 3.8) is 0 Å². The second-order valence-electron chi connectivity index (χ2n) is 4.76. The maximum absolute atomic E-state index is 4.58. The number of pyridine rings is 1. The largest absolute Gasteiger partial charge is 0.355 e. The Morgan fingerprint density at radius 1 is 1.05 bits per heavy atom. The maximum Gasteiger partial charge on any atom is 0.128 e. The molecule has 0 N–H and O–H groups in total. The van der Waals surface area contributed by atoms with Crippen LogP contribution in [0.3, 0.4) is 0 Å². The number of nitrogens with zero attached hydrogens (tertiary/aromatic N) is 2. The third-order valence-electron chi connectivity index (χ3n) is 3.25. The van der Waals surface area contributed by atoms with Crippen LogP contribution in [0.4, 0.5) is 5.82 Å². The van der Waals surface area contributed by atoms with Crippen molar-refractivity contribution in [2.24, 2.45) is 0 Å². The second-order valence-corrected chi connectivity index (χ2v) is 5.62. The number of anilines is 1. The number of halogens is 1. The molecule has 0 aliphatic rings. The molecule has 0 aliphatic carbocycles. The van der Waals surface area contributed by atoms with Gasteiger partial charge in [0, 0.05) is 18.1 Å². The van der Waals surface area contributed by atoms with Crippen LogP contribution < -0.4 is 4.90 Å². The van der Waals surface area contributed by atoms with Crippen LogP contribution >= 0.6 is 15.9 Å². The molecule has 1 heterocycles. The molecule has 0 atom stereocenters. The van der Waals surface area contributed by atoms with Crippen molar-refractivity contribution < 1.29 is 0 Å². The van der Waals surface area contributed by atoms with E-state index in [2.05, 4.69) is 64.1 Å². The molecular formula is C16H19BrN2. The zero-order valence-electron chi connectivity index (χ0n) is 11.7. The van der Waals surface area contributed by atoms with Crippen molar-refractivity contribution in [1.29, 1.82) is 0 Å². The molecule has 2 nitrogen and oxygen atoms in total. The highest BCUT2D eigenvalue weighted by Gasteiger charge is 2.05. The monoisotopic (exact) mass is 318 g/mol. The third kappa shape index (κ3) is 3.57. The Morgan fingerprint density at radius 2 is 1.68 bits per heavy atom. The van der Waals surface area contributed by atoms with E-state index < -0.39 is 0 Å². The molecule has 100 valence electrons. The molecule has 1 aromatic heterocycles. The van der Waals surface area contributed by atoms with E-state index in [9.17, 15) is 0 Å². The van der Waals surface area contributed by atoms with Crippen molar-refractivity contribution in [2.75, 3.05) is 11.9 Å². The Kier molecular flexibility index (Phi) is 4.59. The van der Waals surface area contributed by atoms with Gasteiger partial charge in [0.2, 0.25) is 0 Å². The Bertz CT molecular complexity index is 549. The minimum absolute atomic E-state index is 0.873. The van der Waals surface area contributed by atoms with E-state index in [-0.39, 0.29) is 0 Å². The van der Waals surface area contributed by atoms with Gasteiger partial charge in [0.15, 0.2) is 0 Å². The lowest BCUT2D eigenvalue weighted by atomic mass is 10.1. The highest BCUT2D eigenvalue weighted by atomic mass is 79.9. The summed E-state index contributed by atoms with van der Waals surface area (Å²) in [6.07, 6.45) is 1.09. The molecule has 3 heteroatoms. The van der Waals surface area contributed by atoms with E-state index in [1.807, 2.05) is 19.1 Å². The molecule has 0 aliphatic heterocycles. The first-order chi connectivity index (χ1) is 9.10. The van der Waals surface area contributed by atoms with Crippen molar-refractivity contribution in [2.45, 2.75) is 26.8 Å². The quantitative estimate of drug-likeness (QED) is 0.833. The van der Waals surface area contributed by atoms with Crippen LogP contribution in [0.15, 0.2) is 40.9 Å². The highest BCUT2D eigenvalue weighted by Crippen LogP contribution is 2.19. The number of hydrogen-bond acceptors (Lipinski definition) is 2. The van der Waals surface area contributed by atoms with Crippen molar-refractivity contribution >= 4 is 21.7 Å². The lowest BCUT2D eigenvalue weighted by Crippen LogP contribution is -2.17. The Morgan fingerprint density at radius 3 is 2.26 bits per heavy atom. The van der Waals surface area contributed by atoms with Gasteiger partial charge < -0.3 is 4.90 Å². The molecule has 1 aromatic carbocycles. The molecule has 0 saturated heterocycles. The molecule has 0 amide bonds. The number of hydrogen-bond donors (Lipinski definition) is 0. The standard InChI is InChI=1S/C16H19BrN2/c1-4-13-5-7-14(8-6-13)11-19(3)16-10-9-15(17)12(2)18-16/h5-10H,4,11H2,1-3H3. The molecular weight excluding hydrogens is 300 g/mol. The summed E-state index contributed by atoms with van der Waals surface area (Å²) in [4.78, 5) is 6.75. The summed E-state index contributed by atoms with van der Waals surface area (Å²) in [5.74, 6) is 1.00. The zero-order valence-corrected chi connectivity index (χ0v) is 13.2. The summed E-state index contributed by atoms with van der Waals surface area (Å²) >= 11 is 3.48. The van der Waals surface area contributed by atoms with Gasteiger partial charge in [0.25, 0.3) is 0 Å². The fraction of sp³-hybridized carbons (Fsp3) is 0.312. The minimum atomic E-state index is 0.873. The Hall–Kier alpha value is -1.35. The smallest absolute Gasteiger partial charge is 0.128 e. The van der Waals surface area contributed by atoms with Gasteiger partial charge in [-0.05, 0) is 52.5 Å². The Labute approximate surface area is 123 Å². The van der Waals surface area contributed by atoms with Crippen LogP contribution in [0.1, 0.15) is 23.7 Å². The molecule has 0 spiro atoms. The van der Waals surface area contributed by atoms with Crippen LogP contribution in [0.25, 0.3) is 0 Å². The van der Waals surface area contributed by atoms with Crippen LogP contribution in [0, 0.1) is 6.92 Å². The lowest BCUT2D eigenvalue weighted by molar-refractivity contribution is 0.890. The van der Waals surface area contributed by atoms with Gasteiger partial charge in [-0.1, -0.05) is 31.2 Å². The molecule has 2 aromatic rings. The summed E-state index contributed by atoms with van der Waals surface area (Å²) in [5.41, 5.74) is 3.71. The fourth-order valence-electron chi connectivity index (χ4n) is 1.98. The maximum atomic E-state index is 4.58. The molecule has 0 fully saturated rings. The first kappa shape index (κ1) is 14.1. The van der Waals surface area contributed by atoms with E-state index in [0.717, 1.165) is 29.0 Å². The van der Waals surface area contributed by atoms with Crippen LogP contribution in [-0.4, -0.2) is 12.0 Å². The third-order valence-corrected chi connectivity index (χ3v) is 4.09. The van der Waals surface area contributed by atoms with Crippen LogP contribution in [0.2, 0.25) is 0 Å². The summed E-state index contributed by atoms with van der Waals surface area (Å²) in [7, 11) is 2.07. The first-order valence-electron chi connectivity index (χ1n) is 6.52. The van der Waals surface area contributed by atoms with E-state index in [1.165, 1.54) is 11.1 Å². The summed E-state index contributed by atoms with van der Waals surface area (Å²) in [6.45, 7) is 5.06. The average molecular weight is 319 g/mol. The average Bonchev–Trinajstić information content (AvgIpc) is 2.42. The van der Waals surface area contributed by atoms with Gasteiger partial charge in [-0.15, -0.1) is 0 Å². The van der Waals surface area contributed by atoms with Crippen molar-refractivity contribution in [3.05, 3.63) is 57.7 Å². The van der Waals surface area contributed by atoms with E-state index in [4.69, 9.17) is 0 Å². The topological polar surface area (TPSA) is 16.1 Å². The van der Waals surface area contributed by atoms with Crippen molar-refractivity contribution in [3.8, 4) is 0 Å². The van der Waals surface area contributed by atoms with Gasteiger partial charge in [-0.3, -0.25) is 0 Å². The van der Waals surface area contributed by atoms with Gasteiger partial charge in [0.1, 0.15) is 5.82 Å². The number of rotatable bonds is 4. The predicted octanol–water partition coefficient (Wildman–Crippen LogP) is 4.35. The predicted molar refractivity (Wildman–Crippen MR) is 84.6 cm³/mol. The zero-order chi connectivity index (χ0) is 13.8. The van der Waals surface area contributed by atoms with Gasteiger partial charge in [-0.2, -0.15) is 0 Å². The van der Waals surface area contributed by atoms with E-state index >= 15 is 0 Å². The normalized spacial score (nSPS) is 10.5. The molecule has 0 bridgehead atoms. The lowest BCUT2D eigenvalue weighted by Gasteiger charge is -2.19. The van der Waals surface area contributed by atoms with Crippen molar-refractivity contribution in [1.82, 2.24) is 4.98 Å². The number of aromatic nitrogens is 1. The molecule has 2 rings (SSSR count). The molecule has 19 heavy (non-hydrogen) atoms. The number of aryl methyl sites for hydroxylation is 2. The summed E-state index contributed by atoms with van der Waals surface area (Å²) in [5, 5.41) is 0. The van der Waals surface area contributed by atoms with Crippen LogP contribution in [-0.2, 0) is 13.0 Å². The van der Waals surface area contributed by atoms with E-state index in [1.54, 1.807) is 0 Å². The number of benzene rings is 1. The second kappa shape index (κ2) is 6.20. The Balaban J connectivity index is 2.10. The molecule has 0 radical (unpaired) electrons. The minimum Gasteiger partial charge on any atom is -0.355 e. The molecule has 0 saturated carbocycles. The SMILES string of the molecule is CCc1ccc(CN(C)c2ccc(Br)c(C)n2)cc1. The van der Waals surface area contributed by atoms with Gasteiger partial charge in [0.05, 0.1) is 5.69 Å². The first-order valence-corrected chi connectivity index (χ1v) is 7.31. The summed E-state index contributed by atoms with van der Waals surface area (Å²) in [6, 6.07) is 12.9. The summed E-state index contributed by atoms with van der Waals surface area (Å²) < 4.78 is 1.05.